The van der Waals surface area contributed by atoms with E-state index in [1.807, 2.05) is 12.1 Å². The Morgan fingerprint density at radius 2 is 1.83 bits per heavy atom. The van der Waals surface area contributed by atoms with Crippen LogP contribution in [0, 0.1) is 0 Å². The second-order valence-electron chi connectivity index (χ2n) is 5.33. The average molecular weight is 248 g/mol. The first-order chi connectivity index (χ1) is 8.43. The normalized spacial score (nSPS) is 11.3. The van der Waals surface area contributed by atoms with Crippen LogP contribution in [-0.4, -0.2) is 11.4 Å². The number of amides is 1. The molecule has 100 valence electrons. The molecule has 0 unspecified atom stereocenters. The summed E-state index contributed by atoms with van der Waals surface area (Å²) in [4.78, 5) is 11.7. The maximum absolute atomic E-state index is 11.7. The van der Waals surface area contributed by atoms with Gasteiger partial charge in [0.25, 0.3) is 0 Å². The Morgan fingerprint density at radius 3 is 2.33 bits per heavy atom. The van der Waals surface area contributed by atoms with Crippen LogP contribution in [0.2, 0.25) is 0 Å². The molecule has 0 aliphatic rings. The highest BCUT2D eigenvalue weighted by Crippen LogP contribution is 2.13. The molecule has 0 heterocycles. The van der Waals surface area contributed by atoms with Crippen LogP contribution in [0.15, 0.2) is 24.3 Å². The van der Waals surface area contributed by atoms with Gasteiger partial charge in [-0.3, -0.25) is 4.79 Å². The van der Waals surface area contributed by atoms with Crippen LogP contribution >= 0.6 is 0 Å². The summed E-state index contributed by atoms with van der Waals surface area (Å²) in [6.45, 7) is 5.59. The predicted octanol–water partition coefficient (Wildman–Crippen LogP) is 3.10. The van der Waals surface area contributed by atoms with E-state index in [0.717, 1.165) is 12.1 Å². The Morgan fingerprint density at radius 1 is 1.22 bits per heavy atom. The van der Waals surface area contributed by atoms with Crippen molar-refractivity contribution in [2.75, 3.05) is 5.32 Å². The number of anilines is 1. The van der Waals surface area contributed by atoms with Crippen molar-refractivity contribution in [3.05, 3.63) is 29.8 Å². The summed E-state index contributed by atoms with van der Waals surface area (Å²) < 4.78 is 0. The van der Waals surface area contributed by atoms with Gasteiger partial charge in [-0.25, -0.2) is 0 Å². The number of carbonyl (C=O) groups is 1. The number of nitrogens with one attached hydrogen (secondary N) is 1. The van der Waals surface area contributed by atoms with Gasteiger partial charge in [-0.2, -0.15) is 0 Å². The summed E-state index contributed by atoms with van der Waals surface area (Å²) in [5, 5.41) is 2.81. The molecule has 0 spiro atoms. The number of unbranched alkanes of at least 4 members (excludes halogenated alkanes) is 2. The zero-order valence-electron chi connectivity index (χ0n) is 11.6. The van der Waals surface area contributed by atoms with Gasteiger partial charge in [0.05, 0.1) is 5.54 Å². The Hall–Kier alpha value is -1.35. The maximum Gasteiger partial charge on any atom is 0.243 e. The highest BCUT2D eigenvalue weighted by Gasteiger charge is 2.21. The van der Waals surface area contributed by atoms with Gasteiger partial charge in [-0.1, -0.05) is 31.9 Å². The molecule has 3 heteroatoms. The van der Waals surface area contributed by atoms with Crippen molar-refractivity contribution in [3.63, 3.8) is 0 Å². The van der Waals surface area contributed by atoms with Crippen molar-refractivity contribution in [2.45, 2.75) is 52.0 Å². The second-order valence-corrected chi connectivity index (χ2v) is 5.33. The number of benzene rings is 1. The predicted molar refractivity (Wildman–Crippen MR) is 76.6 cm³/mol. The van der Waals surface area contributed by atoms with Gasteiger partial charge >= 0.3 is 0 Å². The SMILES string of the molecule is CCCCCc1ccc(NC(=O)C(C)(C)N)cc1. The molecule has 0 bridgehead atoms. The molecule has 1 aromatic rings. The number of nitrogens with two attached hydrogens (primary N) is 1. The molecule has 1 aromatic carbocycles. The molecule has 3 N–H and O–H groups in total. The number of hydrogen-bond donors (Lipinski definition) is 2. The third-order valence-corrected chi connectivity index (χ3v) is 2.87. The van der Waals surface area contributed by atoms with Gasteiger partial charge in [0, 0.05) is 5.69 Å². The van der Waals surface area contributed by atoms with E-state index >= 15 is 0 Å². The number of rotatable bonds is 6. The molecule has 0 saturated carbocycles. The third kappa shape index (κ3) is 4.88. The van der Waals surface area contributed by atoms with Crippen molar-refractivity contribution >= 4 is 11.6 Å². The zero-order valence-corrected chi connectivity index (χ0v) is 11.6. The summed E-state index contributed by atoms with van der Waals surface area (Å²) in [7, 11) is 0. The summed E-state index contributed by atoms with van der Waals surface area (Å²) in [6.07, 6.45) is 4.82. The van der Waals surface area contributed by atoms with Crippen LogP contribution in [0.4, 0.5) is 5.69 Å². The topological polar surface area (TPSA) is 55.1 Å². The van der Waals surface area contributed by atoms with Crippen LogP contribution in [0.25, 0.3) is 0 Å². The Balaban J connectivity index is 2.53. The van der Waals surface area contributed by atoms with Crippen LogP contribution in [0.3, 0.4) is 0 Å². The van der Waals surface area contributed by atoms with Crippen molar-refractivity contribution < 1.29 is 4.79 Å². The van der Waals surface area contributed by atoms with E-state index in [1.165, 1.54) is 24.8 Å². The van der Waals surface area contributed by atoms with Crippen LogP contribution in [-0.2, 0) is 11.2 Å². The maximum atomic E-state index is 11.7. The highest BCUT2D eigenvalue weighted by atomic mass is 16.2. The zero-order chi connectivity index (χ0) is 13.6. The van der Waals surface area contributed by atoms with E-state index in [4.69, 9.17) is 5.73 Å². The molecule has 1 amide bonds. The first-order valence-electron chi connectivity index (χ1n) is 6.62. The summed E-state index contributed by atoms with van der Waals surface area (Å²) in [5.74, 6) is -0.166. The molecule has 0 aromatic heterocycles. The number of hydrogen-bond acceptors (Lipinski definition) is 2. The van der Waals surface area contributed by atoms with Crippen molar-refractivity contribution in [3.8, 4) is 0 Å². The molecule has 0 saturated heterocycles. The van der Waals surface area contributed by atoms with Gasteiger partial charge in [-0.05, 0) is 44.4 Å². The van der Waals surface area contributed by atoms with Crippen molar-refractivity contribution in [2.24, 2.45) is 5.73 Å². The molecule has 0 aliphatic heterocycles. The number of carbonyl (C=O) groups excluding carboxylic acids is 1. The molecular formula is C15H24N2O. The molecule has 18 heavy (non-hydrogen) atoms. The molecule has 1 rings (SSSR count). The Kier molecular flexibility index (Phi) is 5.35. The smallest absolute Gasteiger partial charge is 0.243 e. The standard InChI is InChI=1S/C15H24N2O/c1-4-5-6-7-12-8-10-13(11-9-12)17-14(18)15(2,3)16/h8-11H,4-7,16H2,1-3H3,(H,17,18). The average Bonchev–Trinajstić information content (AvgIpc) is 2.30. The molecule has 3 nitrogen and oxygen atoms in total. The van der Waals surface area contributed by atoms with Gasteiger partial charge in [0.15, 0.2) is 0 Å². The fourth-order valence-corrected chi connectivity index (χ4v) is 1.63. The third-order valence-electron chi connectivity index (χ3n) is 2.87. The lowest BCUT2D eigenvalue weighted by Crippen LogP contribution is -2.45. The van der Waals surface area contributed by atoms with E-state index in [2.05, 4.69) is 24.4 Å². The van der Waals surface area contributed by atoms with E-state index < -0.39 is 5.54 Å². The van der Waals surface area contributed by atoms with E-state index in [1.54, 1.807) is 13.8 Å². The van der Waals surface area contributed by atoms with E-state index in [9.17, 15) is 4.79 Å². The Bertz CT molecular complexity index is 376. The van der Waals surface area contributed by atoms with Crippen LogP contribution < -0.4 is 11.1 Å². The van der Waals surface area contributed by atoms with E-state index in [-0.39, 0.29) is 5.91 Å². The van der Waals surface area contributed by atoms with Gasteiger partial charge in [0.1, 0.15) is 0 Å². The first kappa shape index (κ1) is 14.7. The summed E-state index contributed by atoms with van der Waals surface area (Å²) in [5.41, 5.74) is 7.00. The fourth-order valence-electron chi connectivity index (χ4n) is 1.63. The second kappa shape index (κ2) is 6.55. The fraction of sp³-hybridized carbons (Fsp3) is 0.533. The van der Waals surface area contributed by atoms with Gasteiger partial charge in [-0.15, -0.1) is 0 Å². The van der Waals surface area contributed by atoms with Gasteiger partial charge < -0.3 is 11.1 Å². The lowest BCUT2D eigenvalue weighted by atomic mass is 10.1. The molecule has 0 atom stereocenters. The quantitative estimate of drug-likeness (QED) is 0.760. The minimum atomic E-state index is -0.847. The minimum Gasteiger partial charge on any atom is -0.325 e. The lowest BCUT2D eigenvalue weighted by Gasteiger charge is -2.17. The summed E-state index contributed by atoms with van der Waals surface area (Å²) >= 11 is 0. The number of aryl methyl sites for hydroxylation is 1. The van der Waals surface area contributed by atoms with E-state index in [0.29, 0.717) is 0 Å². The minimum absolute atomic E-state index is 0.166. The molecule has 0 aliphatic carbocycles. The monoisotopic (exact) mass is 248 g/mol. The van der Waals surface area contributed by atoms with Crippen molar-refractivity contribution in [1.82, 2.24) is 0 Å². The molecule has 0 radical (unpaired) electrons. The summed E-state index contributed by atoms with van der Waals surface area (Å²) in [6, 6.07) is 8.00. The van der Waals surface area contributed by atoms with Crippen LogP contribution in [0.1, 0.15) is 45.6 Å². The lowest BCUT2D eigenvalue weighted by molar-refractivity contribution is -0.120. The Labute approximate surface area is 110 Å². The largest absolute Gasteiger partial charge is 0.325 e. The highest BCUT2D eigenvalue weighted by molar-refractivity contribution is 5.97. The van der Waals surface area contributed by atoms with Crippen LogP contribution in [0.5, 0.6) is 0 Å². The molecular weight excluding hydrogens is 224 g/mol. The molecule has 0 fully saturated rings. The van der Waals surface area contributed by atoms with Gasteiger partial charge in [0.2, 0.25) is 5.91 Å². The van der Waals surface area contributed by atoms with Crippen molar-refractivity contribution in [1.29, 1.82) is 0 Å². The first-order valence-corrected chi connectivity index (χ1v) is 6.62.